The molecule has 1 fully saturated rings. The number of piperidine rings is 1. The Morgan fingerprint density at radius 2 is 1.95 bits per heavy atom. The minimum Gasteiger partial charge on any atom is -0.493 e. The Hall–Kier alpha value is -2.04. The highest BCUT2D eigenvalue weighted by Gasteiger charge is 2.27. The number of primary amides is 1. The fourth-order valence-electron chi connectivity index (χ4n) is 2.46. The zero-order chi connectivity index (χ0) is 14.5. The molecule has 0 aromatic heterocycles. The second-order valence-electron chi connectivity index (χ2n) is 4.90. The summed E-state index contributed by atoms with van der Waals surface area (Å²) in [7, 11) is 0. The van der Waals surface area contributed by atoms with Crippen molar-refractivity contribution in [3.8, 4) is 5.75 Å². The maximum absolute atomic E-state index is 12.5. The van der Waals surface area contributed by atoms with Crippen molar-refractivity contribution < 1.29 is 14.3 Å². The number of nitrogens with zero attached hydrogens (tertiary/aromatic N) is 1. The lowest BCUT2D eigenvalue weighted by molar-refractivity contribution is -0.123. The Balaban J connectivity index is 2.07. The second-order valence-corrected chi connectivity index (χ2v) is 4.90. The van der Waals surface area contributed by atoms with Crippen LogP contribution in [0, 0.1) is 5.92 Å². The van der Waals surface area contributed by atoms with E-state index >= 15 is 0 Å². The molecular weight excluding hydrogens is 256 g/mol. The fourth-order valence-corrected chi connectivity index (χ4v) is 2.46. The lowest BCUT2D eigenvalue weighted by atomic mass is 9.96. The van der Waals surface area contributed by atoms with Crippen LogP contribution in [0.1, 0.15) is 30.1 Å². The molecule has 1 aliphatic heterocycles. The summed E-state index contributed by atoms with van der Waals surface area (Å²) in [6, 6.07) is 7.24. The summed E-state index contributed by atoms with van der Waals surface area (Å²) in [5, 5.41) is 0. The van der Waals surface area contributed by atoms with Gasteiger partial charge in [0.05, 0.1) is 12.2 Å². The van der Waals surface area contributed by atoms with Crippen LogP contribution in [0.3, 0.4) is 0 Å². The predicted molar refractivity (Wildman–Crippen MR) is 75.4 cm³/mol. The van der Waals surface area contributed by atoms with Crippen molar-refractivity contribution >= 4 is 11.8 Å². The van der Waals surface area contributed by atoms with Crippen molar-refractivity contribution in [3.63, 3.8) is 0 Å². The summed E-state index contributed by atoms with van der Waals surface area (Å²) >= 11 is 0. The number of carbonyl (C=O) groups excluding carboxylic acids is 2. The minimum atomic E-state index is -0.271. The van der Waals surface area contributed by atoms with Gasteiger partial charge in [-0.2, -0.15) is 0 Å². The Kier molecular flexibility index (Phi) is 4.61. The molecule has 20 heavy (non-hydrogen) atoms. The number of ether oxygens (including phenoxy) is 1. The monoisotopic (exact) mass is 276 g/mol. The van der Waals surface area contributed by atoms with Crippen LogP contribution in [0.4, 0.5) is 0 Å². The molecule has 0 unspecified atom stereocenters. The lowest BCUT2D eigenvalue weighted by Gasteiger charge is -2.31. The molecule has 0 saturated carbocycles. The van der Waals surface area contributed by atoms with E-state index in [1.165, 1.54) is 0 Å². The Labute approximate surface area is 118 Å². The van der Waals surface area contributed by atoms with Gasteiger partial charge in [-0.15, -0.1) is 0 Å². The van der Waals surface area contributed by atoms with Gasteiger partial charge >= 0.3 is 0 Å². The van der Waals surface area contributed by atoms with E-state index in [9.17, 15) is 9.59 Å². The van der Waals surface area contributed by atoms with Gasteiger partial charge in [-0.25, -0.2) is 0 Å². The zero-order valence-corrected chi connectivity index (χ0v) is 11.7. The van der Waals surface area contributed by atoms with Crippen molar-refractivity contribution in [2.75, 3.05) is 19.7 Å². The Morgan fingerprint density at radius 1 is 1.30 bits per heavy atom. The predicted octanol–water partition coefficient (Wildman–Crippen LogP) is 1.42. The number of hydrogen-bond donors (Lipinski definition) is 1. The van der Waals surface area contributed by atoms with E-state index in [1.54, 1.807) is 17.0 Å². The van der Waals surface area contributed by atoms with Crippen LogP contribution in [0.5, 0.6) is 5.75 Å². The third kappa shape index (κ3) is 3.10. The molecule has 2 rings (SSSR count). The van der Waals surface area contributed by atoms with E-state index < -0.39 is 0 Å². The van der Waals surface area contributed by atoms with Crippen LogP contribution >= 0.6 is 0 Å². The van der Waals surface area contributed by atoms with Crippen LogP contribution in [0.2, 0.25) is 0 Å². The molecule has 1 aromatic carbocycles. The van der Waals surface area contributed by atoms with E-state index in [1.807, 2.05) is 19.1 Å². The first-order chi connectivity index (χ1) is 9.63. The van der Waals surface area contributed by atoms with Gasteiger partial charge in [0.15, 0.2) is 0 Å². The first-order valence-electron chi connectivity index (χ1n) is 6.94. The van der Waals surface area contributed by atoms with Crippen LogP contribution in [0.25, 0.3) is 0 Å². The second kappa shape index (κ2) is 6.41. The Morgan fingerprint density at radius 3 is 2.55 bits per heavy atom. The topological polar surface area (TPSA) is 72.6 Å². The highest BCUT2D eigenvalue weighted by Crippen LogP contribution is 2.23. The summed E-state index contributed by atoms with van der Waals surface area (Å²) in [6.07, 6.45) is 1.27. The number of para-hydroxylation sites is 1. The molecule has 5 nitrogen and oxygen atoms in total. The molecule has 1 aromatic rings. The summed E-state index contributed by atoms with van der Waals surface area (Å²) in [5.74, 6) is 0.182. The molecule has 1 saturated heterocycles. The third-order valence-electron chi connectivity index (χ3n) is 3.60. The summed E-state index contributed by atoms with van der Waals surface area (Å²) in [5.41, 5.74) is 5.88. The molecule has 0 aliphatic carbocycles. The van der Waals surface area contributed by atoms with Crippen molar-refractivity contribution in [2.45, 2.75) is 19.8 Å². The van der Waals surface area contributed by atoms with Gasteiger partial charge in [0, 0.05) is 19.0 Å². The molecule has 5 heteroatoms. The number of nitrogens with two attached hydrogens (primary N) is 1. The maximum atomic E-state index is 12.5. The number of rotatable bonds is 4. The summed E-state index contributed by atoms with van der Waals surface area (Å²) in [4.78, 5) is 25.4. The third-order valence-corrected chi connectivity index (χ3v) is 3.60. The SMILES string of the molecule is CCOc1ccccc1C(=O)N1CCC(C(N)=O)CC1. The van der Waals surface area contributed by atoms with E-state index in [2.05, 4.69) is 0 Å². The molecule has 1 heterocycles. The van der Waals surface area contributed by atoms with Crippen molar-refractivity contribution in [1.29, 1.82) is 0 Å². The van der Waals surface area contributed by atoms with Crippen LogP contribution < -0.4 is 10.5 Å². The van der Waals surface area contributed by atoms with Gasteiger partial charge in [-0.1, -0.05) is 12.1 Å². The van der Waals surface area contributed by atoms with Gasteiger partial charge in [-0.05, 0) is 31.9 Å². The number of carbonyl (C=O) groups is 2. The van der Waals surface area contributed by atoms with Crippen LogP contribution in [-0.4, -0.2) is 36.4 Å². The molecule has 0 atom stereocenters. The first kappa shape index (κ1) is 14.4. The normalized spacial score (nSPS) is 15.9. The van der Waals surface area contributed by atoms with Crippen LogP contribution in [0.15, 0.2) is 24.3 Å². The molecular formula is C15H20N2O3. The molecule has 2 amide bonds. The number of benzene rings is 1. The summed E-state index contributed by atoms with van der Waals surface area (Å²) in [6.45, 7) is 3.54. The van der Waals surface area contributed by atoms with E-state index in [0.29, 0.717) is 43.9 Å². The van der Waals surface area contributed by atoms with Crippen LogP contribution in [-0.2, 0) is 4.79 Å². The van der Waals surface area contributed by atoms with Gasteiger partial charge < -0.3 is 15.4 Å². The molecule has 0 radical (unpaired) electrons. The largest absolute Gasteiger partial charge is 0.493 e. The minimum absolute atomic E-state index is 0.0445. The summed E-state index contributed by atoms with van der Waals surface area (Å²) < 4.78 is 5.49. The lowest BCUT2D eigenvalue weighted by Crippen LogP contribution is -2.41. The van der Waals surface area contributed by atoms with E-state index in [0.717, 1.165) is 0 Å². The number of amides is 2. The average Bonchev–Trinajstić information content (AvgIpc) is 2.47. The van der Waals surface area contributed by atoms with Crippen molar-refractivity contribution in [2.24, 2.45) is 11.7 Å². The Bertz CT molecular complexity index is 494. The average molecular weight is 276 g/mol. The van der Waals surface area contributed by atoms with Gasteiger partial charge in [0.2, 0.25) is 5.91 Å². The van der Waals surface area contributed by atoms with Crippen molar-refractivity contribution in [1.82, 2.24) is 4.90 Å². The van der Waals surface area contributed by atoms with Crippen molar-refractivity contribution in [3.05, 3.63) is 29.8 Å². The number of likely N-dealkylation sites (tertiary alicyclic amines) is 1. The molecule has 108 valence electrons. The van der Waals surface area contributed by atoms with E-state index in [-0.39, 0.29) is 17.7 Å². The highest BCUT2D eigenvalue weighted by molar-refractivity contribution is 5.97. The maximum Gasteiger partial charge on any atom is 0.257 e. The quantitative estimate of drug-likeness (QED) is 0.904. The van der Waals surface area contributed by atoms with Gasteiger partial charge in [0.1, 0.15) is 5.75 Å². The molecule has 2 N–H and O–H groups in total. The smallest absolute Gasteiger partial charge is 0.257 e. The first-order valence-corrected chi connectivity index (χ1v) is 6.94. The standard InChI is InChI=1S/C15H20N2O3/c1-2-20-13-6-4-3-5-12(13)15(19)17-9-7-11(8-10-17)14(16)18/h3-6,11H,2,7-10H2,1H3,(H2,16,18). The number of hydrogen-bond acceptors (Lipinski definition) is 3. The fraction of sp³-hybridized carbons (Fsp3) is 0.467. The zero-order valence-electron chi connectivity index (χ0n) is 11.7. The molecule has 0 bridgehead atoms. The van der Waals surface area contributed by atoms with E-state index in [4.69, 9.17) is 10.5 Å². The molecule has 1 aliphatic rings. The highest BCUT2D eigenvalue weighted by atomic mass is 16.5. The van der Waals surface area contributed by atoms with Gasteiger partial charge in [0.25, 0.3) is 5.91 Å². The van der Waals surface area contributed by atoms with Gasteiger partial charge in [-0.3, -0.25) is 9.59 Å². The molecule has 0 spiro atoms.